The van der Waals surface area contributed by atoms with Crippen molar-refractivity contribution in [3.05, 3.63) is 32.3 Å². The van der Waals surface area contributed by atoms with Crippen molar-refractivity contribution < 1.29 is 0 Å². The molecule has 1 heterocycles. The van der Waals surface area contributed by atoms with Gasteiger partial charge in [-0.3, -0.25) is 10.8 Å². The third kappa shape index (κ3) is 1.65. The van der Waals surface area contributed by atoms with E-state index in [9.17, 15) is 0 Å². The van der Waals surface area contributed by atoms with E-state index in [-0.39, 0.29) is 11.7 Å². The van der Waals surface area contributed by atoms with Gasteiger partial charge in [-0.05, 0) is 24.0 Å². The van der Waals surface area contributed by atoms with Crippen LogP contribution >= 0.6 is 23.2 Å². The molecule has 1 aromatic rings. The first kappa shape index (κ1) is 12.4. The van der Waals surface area contributed by atoms with Gasteiger partial charge < -0.3 is 5.32 Å². The molecule has 0 unspecified atom stereocenters. The van der Waals surface area contributed by atoms with Gasteiger partial charge in [0.25, 0.3) is 0 Å². The normalized spacial score (nSPS) is 13.9. The van der Waals surface area contributed by atoms with Crippen LogP contribution in [-0.2, 0) is 12.8 Å². The number of fused-ring (bicyclic) bond motifs is 1. The summed E-state index contributed by atoms with van der Waals surface area (Å²) in [4.78, 5) is 0. The van der Waals surface area contributed by atoms with Gasteiger partial charge in [0.05, 0.1) is 10.0 Å². The number of nitrogens with one attached hydrogen (secondary N) is 3. The Morgan fingerprint density at radius 1 is 0.882 bits per heavy atom. The highest BCUT2D eigenvalue weighted by Gasteiger charge is 2.30. The van der Waals surface area contributed by atoms with Crippen LogP contribution in [0, 0.1) is 10.8 Å². The van der Waals surface area contributed by atoms with Crippen molar-refractivity contribution in [1.29, 1.82) is 10.8 Å². The summed E-state index contributed by atoms with van der Waals surface area (Å²) < 4.78 is 0. The van der Waals surface area contributed by atoms with Gasteiger partial charge >= 0.3 is 0 Å². The van der Waals surface area contributed by atoms with Crippen LogP contribution in [0.1, 0.15) is 36.1 Å². The minimum atomic E-state index is 0.245. The number of hydrogen-bond acceptors (Lipinski definition) is 2. The van der Waals surface area contributed by atoms with Gasteiger partial charge in [0.15, 0.2) is 0 Å². The lowest BCUT2D eigenvalue weighted by molar-refractivity contribution is 1.09. The lowest BCUT2D eigenvalue weighted by Gasteiger charge is -2.14. The molecule has 0 amide bonds. The summed E-state index contributed by atoms with van der Waals surface area (Å²) in [5.41, 5.74) is 3.18. The molecule has 0 aromatic heterocycles. The van der Waals surface area contributed by atoms with Crippen LogP contribution in [0.2, 0.25) is 10.0 Å². The summed E-state index contributed by atoms with van der Waals surface area (Å²) in [5.74, 6) is 0.491. The molecule has 1 aromatic carbocycles. The highest BCUT2D eigenvalue weighted by atomic mass is 35.5. The van der Waals surface area contributed by atoms with Crippen molar-refractivity contribution in [2.75, 3.05) is 0 Å². The number of amidine groups is 2. The van der Waals surface area contributed by atoms with Crippen molar-refractivity contribution in [1.82, 2.24) is 5.32 Å². The molecule has 2 rings (SSSR count). The van der Waals surface area contributed by atoms with Gasteiger partial charge in [0.2, 0.25) is 0 Å². The maximum Gasteiger partial charge on any atom is 0.132 e. The van der Waals surface area contributed by atoms with E-state index in [1.165, 1.54) is 0 Å². The van der Waals surface area contributed by atoms with Crippen molar-refractivity contribution in [3.63, 3.8) is 0 Å². The van der Waals surface area contributed by atoms with Crippen molar-refractivity contribution >= 4 is 34.9 Å². The van der Waals surface area contributed by atoms with Crippen LogP contribution < -0.4 is 5.32 Å². The van der Waals surface area contributed by atoms with E-state index in [0.717, 1.165) is 22.3 Å². The predicted octanol–water partition coefficient (Wildman–Crippen LogP) is 3.37. The topological polar surface area (TPSA) is 59.7 Å². The molecule has 0 atom stereocenters. The quantitative estimate of drug-likeness (QED) is 0.758. The van der Waals surface area contributed by atoms with Gasteiger partial charge in [0, 0.05) is 11.1 Å². The van der Waals surface area contributed by atoms with Crippen LogP contribution in [-0.4, -0.2) is 11.7 Å². The molecule has 0 radical (unpaired) electrons. The molecule has 1 aliphatic heterocycles. The van der Waals surface area contributed by atoms with Gasteiger partial charge in [-0.1, -0.05) is 37.0 Å². The maximum absolute atomic E-state index is 7.89. The fraction of sp³-hybridized carbons (Fsp3) is 0.333. The molecular formula is C12H13Cl2N3. The average molecular weight is 270 g/mol. The second-order valence-electron chi connectivity index (χ2n) is 3.92. The van der Waals surface area contributed by atoms with E-state index in [1.807, 2.05) is 13.8 Å². The van der Waals surface area contributed by atoms with Gasteiger partial charge in [-0.2, -0.15) is 0 Å². The number of rotatable bonds is 2. The Morgan fingerprint density at radius 3 is 1.53 bits per heavy atom. The van der Waals surface area contributed by atoms with Crippen LogP contribution in [0.15, 0.2) is 0 Å². The predicted molar refractivity (Wildman–Crippen MR) is 72.0 cm³/mol. The molecule has 0 saturated carbocycles. The Balaban J connectivity index is 2.90. The standard InChI is InChI=1S/C12H13Cl2N3/c1-3-5-7-8(12(16)17-11(7)15)6(4-2)10(14)9(5)13/h3-4H2,1-2H3,(H3,15,16,17). The molecule has 3 N–H and O–H groups in total. The Bertz CT molecular complexity index is 488. The molecule has 3 nitrogen and oxygen atoms in total. The fourth-order valence-corrected chi connectivity index (χ4v) is 2.94. The molecule has 0 saturated heterocycles. The van der Waals surface area contributed by atoms with Crippen LogP contribution in [0.4, 0.5) is 0 Å². The van der Waals surface area contributed by atoms with E-state index < -0.39 is 0 Å². The maximum atomic E-state index is 7.89. The highest BCUT2D eigenvalue weighted by molar-refractivity contribution is 6.44. The summed E-state index contributed by atoms with van der Waals surface area (Å²) in [6, 6.07) is 0. The van der Waals surface area contributed by atoms with E-state index in [0.29, 0.717) is 22.9 Å². The molecule has 17 heavy (non-hydrogen) atoms. The first-order valence-electron chi connectivity index (χ1n) is 5.50. The Morgan fingerprint density at radius 2 is 1.24 bits per heavy atom. The first-order chi connectivity index (χ1) is 8.02. The first-order valence-corrected chi connectivity index (χ1v) is 6.26. The summed E-state index contributed by atoms with van der Waals surface area (Å²) in [7, 11) is 0. The van der Waals surface area contributed by atoms with Crippen LogP contribution in [0.25, 0.3) is 0 Å². The smallest absolute Gasteiger partial charge is 0.132 e. The SMILES string of the molecule is CCc1c(Cl)c(Cl)c(CC)c2c1C(=N)NC2=N. The average Bonchev–Trinajstić information content (AvgIpc) is 2.57. The van der Waals surface area contributed by atoms with Crippen LogP contribution in [0.3, 0.4) is 0 Å². The zero-order valence-corrected chi connectivity index (χ0v) is 11.2. The van der Waals surface area contributed by atoms with Gasteiger partial charge in [-0.25, -0.2) is 0 Å². The summed E-state index contributed by atoms with van der Waals surface area (Å²) in [5, 5.41) is 19.6. The van der Waals surface area contributed by atoms with Crippen molar-refractivity contribution in [3.8, 4) is 0 Å². The Labute approximate surface area is 110 Å². The second kappa shape index (κ2) is 4.31. The Hall–Kier alpha value is -1.06. The third-order valence-corrected chi connectivity index (χ3v) is 3.96. The molecule has 5 heteroatoms. The van der Waals surface area contributed by atoms with Gasteiger partial charge in [0.1, 0.15) is 11.7 Å². The van der Waals surface area contributed by atoms with E-state index in [1.54, 1.807) is 0 Å². The molecule has 1 aliphatic rings. The third-order valence-electron chi connectivity index (χ3n) is 3.03. The molecule has 0 fully saturated rings. The lowest BCUT2D eigenvalue weighted by atomic mass is 9.94. The molecule has 0 bridgehead atoms. The monoisotopic (exact) mass is 269 g/mol. The summed E-state index contributed by atoms with van der Waals surface area (Å²) in [6.45, 7) is 3.94. The van der Waals surface area contributed by atoms with E-state index in [4.69, 9.17) is 34.0 Å². The minimum absolute atomic E-state index is 0.245. The molecule has 0 spiro atoms. The second-order valence-corrected chi connectivity index (χ2v) is 4.67. The van der Waals surface area contributed by atoms with E-state index >= 15 is 0 Å². The minimum Gasteiger partial charge on any atom is -0.325 e. The number of halogens is 2. The largest absolute Gasteiger partial charge is 0.325 e. The number of benzene rings is 1. The highest BCUT2D eigenvalue weighted by Crippen LogP contribution is 2.38. The molecule has 90 valence electrons. The van der Waals surface area contributed by atoms with E-state index in [2.05, 4.69) is 5.32 Å². The zero-order valence-electron chi connectivity index (χ0n) is 9.67. The molecule has 0 aliphatic carbocycles. The zero-order chi connectivity index (χ0) is 12.7. The fourth-order valence-electron chi connectivity index (χ4n) is 2.25. The lowest BCUT2D eigenvalue weighted by Crippen LogP contribution is -2.20. The number of hydrogen-bond donors (Lipinski definition) is 3. The van der Waals surface area contributed by atoms with Crippen molar-refractivity contribution in [2.45, 2.75) is 26.7 Å². The van der Waals surface area contributed by atoms with Crippen LogP contribution in [0.5, 0.6) is 0 Å². The summed E-state index contributed by atoms with van der Waals surface area (Å²) in [6.07, 6.45) is 1.39. The Kier molecular flexibility index (Phi) is 3.15. The van der Waals surface area contributed by atoms with Gasteiger partial charge in [-0.15, -0.1) is 0 Å². The summed E-state index contributed by atoms with van der Waals surface area (Å²) >= 11 is 12.5. The van der Waals surface area contributed by atoms with Crippen molar-refractivity contribution in [2.24, 2.45) is 0 Å². The molecular weight excluding hydrogens is 257 g/mol.